The quantitative estimate of drug-likeness (QED) is 0.208. The maximum atomic E-state index is 12.5. The van der Waals surface area contributed by atoms with Gasteiger partial charge in [-0.3, -0.25) is 4.79 Å². The minimum atomic E-state index is -0.510. The highest BCUT2D eigenvalue weighted by Crippen LogP contribution is 2.17. The van der Waals surface area contributed by atoms with Crippen LogP contribution in [0.2, 0.25) is 0 Å². The third-order valence-electron chi connectivity index (χ3n) is 5.06. The Morgan fingerprint density at radius 3 is 1.71 bits per heavy atom. The van der Waals surface area contributed by atoms with Gasteiger partial charge in [0.15, 0.2) is 5.78 Å². The van der Waals surface area contributed by atoms with Crippen LogP contribution in [0.25, 0.3) is 0 Å². The van der Waals surface area contributed by atoms with Crippen molar-refractivity contribution in [3.63, 3.8) is 0 Å². The SMILES string of the molecule is CCCOc1ccc(C(=O)Cc2ccc(OCCOC(=O)c3ccc(C(=O)OC)cc3)cc2)cc1. The summed E-state index contributed by atoms with van der Waals surface area (Å²) >= 11 is 0. The summed E-state index contributed by atoms with van der Waals surface area (Å²) in [5.41, 5.74) is 2.19. The minimum absolute atomic E-state index is 0.0206. The molecule has 7 nitrogen and oxygen atoms in total. The molecule has 0 N–H and O–H groups in total. The van der Waals surface area contributed by atoms with Crippen molar-refractivity contribution in [1.29, 1.82) is 0 Å². The van der Waals surface area contributed by atoms with Crippen molar-refractivity contribution in [2.24, 2.45) is 0 Å². The van der Waals surface area contributed by atoms with Gasteiger partial charge in [-0.05, 0) is 72.6 Å². The maximum absolute atomic E-state index is 12.5. The maximum Gasteiger partial charge on any atom is 0.338 e. The second-order valence-electron chi connectivity index (χ2n) is 7.67. The monoisotopic (exact) mass is 476 g/mol. The Labute approximate surface area is 204 Å². The smallest absolute Gasteiger partial charge is 0.338 e. The molecule has 7 heteroatoms. The van der Waals surface area contributed by atoms with Gasteiger partial charge >= 0.3 is 11.9 Å². The van der Waals surface area contributed by atoms with Crippen LogP contribution in [0.3, 0.4) is 0 Å². The van der Waals surface area contributed by atoms with Crippen molar-refractivity contribution in [2.75, 3.05) is 26.9 Å². The van der Waals surface area contributed by atoms with Crippen LogP contribution in [0.5, 0.6) is 11.5 Å². The summed E-state index contributed by atoms with van der Waals surface area (Å²) in [7, 11) is 1.29. The van der Waals surface area contributed by atoms with Gasteiger partial charge in [0.2, 0.25) is 0 Å². The van der Waals surface area contributed by atoms with Gasteiger partial charge in [-0.15, -0.1) is 0 Å². The van der Waals surface area contributed by atoms with Crippen LogP contribution in [-0.2, 0) is 15.9 Å². The zero-order chi connectivity index (χ0) is 25.0. The number of hydrogen-bond donors (Lipinski definition) is 0. The summed E-state index contributed by atoms with van der Waals surface area (Å²) in [6, 6.07) is 20.4. The number of ketones is 1. The van der Waals surface area contributed by atoms with E-state index in [1.54, 1.807) is 24.3 Å². The Kier molecular flexibility index (Phi) is 9.42. The molecular weight excluding hydrogens is 448 g/mol. The van der Waals surface area contributed by atoms with Gasteiger partial charge in [-0.2, -0.15) is 0 Å². The number of ether oxygens (including phenoxy) is 4. The molecule has 0 saturated carbocycles. The van der Waals surface area contributed by atoms with E-state index in [0.717, 1.165) is 17.7 Å². The third-order valence-corrected chi connectivity index (χ3v) is 5.06. The summed E-state index contributed by atoms with van der Waals surface area (Å²) in [5.74, 6) is 0.403. The first-order valence-electron chi connectivity index (χ1n) is 11.3. The lowest BCUT2D eigenvalue weighted by atomic mass is 10.0. The Bertz CT molecular complexity index is 1120. The van der Waals surface area contributed by atoms with E-state index in [9.17, 15) is 14.4 Å². The van der Waals surface area contributed by atoms with Crippen molar-refractivity contribution in [2.45, 2.75) is 19.8 Å². The Morgan fingerprint density at radius 1 is 0.629 bits per heavy atom. The molecule has 0 fully saturated rings. The summed E-state index contributed by atoms with van der Waals surface area (Å²) < 4.78 is 21.0. The Balaban J connectivity index is 1.41. The predicted molar refractivity (Wildman–Crippen MR) is 130 cm³/mol. The molecule has 0 unspecified atom stereocenters. The van der Waals surface area contributed by atoms with Gasteiger partial charge < -0.3 is 18.9 Å². The number of rotatable bonds is 12. The topological polar surface area (TPSA) is 88.1 Å². The van der Waals surface area contributed by atoms with E-state index in [-0.39, 0.29) is 25.4 Å². The Morgan fingerprint density at radius 2 is 1.14 bits per heavy atom. The summed E-state index contributed by atoms with van der Waals surface area (Å²) in [5, 5.41) is 0. The molecule has 0 saturated heterocycles. The molecule has 0 spiro atoms. The highest BCUT2D eigenvalue weighted by atomic mass is 16.6. The van der Waals surface area contributed by atoms with Crippen LogP contribution in [0.4, 0.5) is 0 Å². The molecule has 0 aromatic heterocycles. The number of esters is 2. The molecule has 182 valence electrons. The first-order valence-corrected chi connectivity index (χ1v) is 11.3. The number of carbonyl (C=O) groups excluding carboxylic acids is 3. The molecule has 0 aliphatic rings. The number of benzene rings is 3. The molecule has 3 aromatic rings. The normalized spacial score (nSPS) is 10.3. The van der Waals surface area contributed by atoms with E-state index >= 15 is 0 Å². The third kappa shape index (κ3) is 7.71. The van der Waals surface area contributed by atoms with Crippen LogP contribution in [0, 0.1) is 0 Å². The zero-order valence-corrected chi connectivity index (χ0v) is 19.8. The largest absolute Gasteiger partial charge is 0.494 e. The van der Waals surface area contributed by atoms with Gasteiger partial charge in [0.1, 0.15) is 24.7 Å². The molecule has 0 radical (unpaired) electrons. The molecule has 0 bridgehead atoms. The Hall–Kier alpha value is -4.13. The van der Waals surface area contributed by atoms with Crippen molar-refractivity contribution in [1.82, 2.24) is 0 Å². The molecular formula is C28H28O7. The van der Waals surface area contributed by atoms with Crippen LogP contribution >= 0.6 is 0 Å². The summed E-state index contributed by atoms with van der Waals surface area (Å²) in [4.78, 5) is 36.1. The van der Waals surface area contributed by atoms with E-state index in [0.29, 0.717) is 29.0 Å². The van der Waals surface area contributed by atoms with Crippen LogP contribution in [-0.4, -0.2) is 44.7 Å². The molecule has 35 heavy (non-hydrogen) atoms. The fourth-order valence-corrected chi connectivity index (χ4v) is 3.19. The van der Waals surface area contributed by atoms with Crippen LogP contribution in [0.15, 0.2) is 72.8 Å². The van der Waals surface area contributed by atoms with E-state index in [2.05, 4.69) is 4.74 Å². The fraction of sp³-hybridized carbons (Fsp3) is 0.250. The van der Waals surface area contributed by atoms with Gasteiger partial charge in [0.05, 0.1) is 24.8 Å². The summed E-state index contributed by atoms with van der Waals surface area (Å²) in [6.45, 7) is 2.93. The lowest BCUT2D eigenvalue weighted by Gasteiger charge is -2.09. The van der Waals surface area contributed by atoms with Crippen LogP contribution < -0.4 is 9.47 Å². The van der Waals surface area contributed by atoms with E-state index in [4.69, 9.17) is 14.2 Å². The predicted octanol–water partition coefficient (Wildman–Crippen LogP) is 4.92. The first-order chi connectivity index (χ1) is 17.0. The number of carbonyl (C=O) groups is 3. The van der Waals surface area contributed by atoms with Gasteiger partial charge in [-0.1, -0.05) is 19.1 Å². The standard InChI is InChI=1S/C28H28O7/c1-3-16-33-25-14-10-21(11-15-25)26(29)19-20-4-12-24(13-5-20)34-17-18-35-28(31)23-8-6-22(7-9-23)27(30)32-2/h4-15H,3,16-19H2,1-2H3. The second-order valence-corrected chi connectivity index (χ2v) is 7.67. The van der Waals surface area contributed by atoms with Crippen LogP contribution in [0.1, 0.15) is 50.0 Å². The molecule has 0 amide bonds. The van der Waals surface area contributed by atoms with E-state index in [1.165, 1.54) is 31.4 Å². The minimum Gasteiger partial charge on any atom is -0.494 e. The average molecular weight is 477 g/mol. The van der Waals surface area contributed by atoms with Gasteiger partial charge in [0.25, 0.3) is 0 Å². The van der Waals surface area contributed by atoms with Crippen molar-refractivity contribution >= 4 is 17.7 Å². The first kappa shape index (κ1) is 25.5. The molecule has 3 aromatic carbocycles. The molecule has 0 atom stereocenters. The number of methoxy groups -OCH3 is 1. The molecule has 3 rings (SSSR count). The lowest BCUT2D eigenvalue weighted by Crippen LogP contribution is -2.12. The van der Waals surface area contributed by atoms with Crippen molar-refractivity contribution in [3.05, 3.63) is 95.1 Å². The molecule has 0 aliphatic carbocycles. The molecule has 0 aliphatic heterocycles. The highest BCUT2D eigenvalue weighted by Gasteiger charge is 2.11. The van der Waals surface area contributed by atoms with Crippen molar-refractivity contribution < 1.29 is 33.3 Å². The highest BCUT2D eigenvalue weighted by molar-refractivity contribution is 5.97. The van der Waals surface area contributed by atoms with Crippen molar-refractivity contribution in [3.8, 4) is 11.5 Å². The molecule has 0 heterocycles. The van der Waals surface area contributed by atoms with E-state index < -0.39 is 11.9 Å². The lowest BCUT2D eigenvalue weighted by molar-refractivity contribution is 0.0449. The average Bonchev–Trinajstić information content (AvgIpc) is 2.90. The fourth-order valence-electron chi connectivity index (χ4n) is 3.19. The van der Waals surface area contributed by atoms with Gasteiger partial charge in [0, 0.05) is 12.0 Å². The number of Topliss-reactive ketones (excluding diaryl/α,β-unsaturated/α-hetero) is 1. The zero-order valence-electron chi connectivity index (χ0n) is 19.8. The van der Waals surface area contributed by atoms with E-state index in [1.807, 2.05) is 31.2 Å². The van der Waals surface area contributed by atoms with Gasteiger partial charge in [-0.25, -0.2) is 9.59 Å². The second kappa shape index (κ2) is 12.9. The number of hydrogen-bond acceptors (Lipinski definition) is 7. The summed E-state index contributed by atoms with van der Waals surface area (Å²) in [6.07, 6.45) is 1.21.